The number of fused-ring (bicyclic) bond motifs is 2. The van der Waals surface area contributed by atoms with E-state index in [0.29, 0.717) is 18.9 Å². The van der Waals surface area contributed by atoms with E-state index in [1.807, 2.05) is 7.05 Å². The number of carbonyl (C=O) groups is 2. The predicted octanol–water partition coefficient (Wildman–Crippen LogP) is 0.532. The summed E-state index contributed by atoms with van der Waals surface area (Å²) in [6.45, 7) is 0.607. The topological polar surface area (TPSA) is 105 Å². The molecule has 0 unspecified atom stereocenters. The number of carbonyl (C=O) groups excluding carboxylic acids is 2. The lowest BCUT2D eigenvalue weighted by Gasteiger charge is -2.28. The Morgan fingerprint density at radius 1 is 1.22 bits per heavy atom. The van der Waals surface area contributed by atoms with Gasteiger partial charge in [-0.1, -0.05) is 12.8 Å². The van der Waals surface area contributed by atoms with E-state index < -0.39 is 0 Å². The van der Waals surface area contributed by atoms with Crippen molar-refractivity contribution in [1.29, 1.82) is 0 Å². The fraction of sp³-hybridized carbons (Fsp3) is 0.611. The van der Waals surface area contributed by atoms with Gasteiger partial charge in [0, 0.05) is 25.6 Å². The molecule has 1 aliphatic carbocycles. The number of nitrogens with zero attached hydrogens (tertiary/aromatic N) is 5. The number of anilines is 1. The summed E-state index contributed by atoms with van der Waals surface area (Å²) in [7, 11) is 1.89. The van der Waals surface area contributed by atoms with Gasteiger partial charge in [0.15, 0.2) is 5.65 Å². The second-order valence-corrected chi connectivity index (χ2v) is 7.77. The zero-order valence-corrected chi connectivity index (χ0v) is 15.3. The first-order chi connectivity index (χ1) is 13.1. The van der Waals surface area contributed by atoms with Crippen molar-refractivity contribution in [3.8, 4) is 0 Å². The van der Waals surface area contributed by atoms with Crippen LogP contribution in [0.15, 0.2) is 6.20 Å². The van der Waals surface area contributed by atoms with E-state index in [-0.39, 0.29) is 30.4 Å². The lowest BCUT2D eigenvalue weighted by molar-refractivity contribution is -0.143. The maximum Gasteiger partial charge on any atom is 0.243 e. The molecule has 0 bridgehead atoms. The predicted molar refractivity (Wildman–Crippen MR) is 98.1 cm³/mol. The molecule has 2 saturated heterocycles. The van der Waals surface area contributed by atoms with Crippen LogP contribution in [0, 0.1) is 0 Å². The van der Waals surface area contributed by atoms with Gasteiger partial charge in [-0.3, -0.25) is 14.3 Å². The van der Waals surface area contributed by atoms with Gasteiger partial charge in [0.05, 0.1) is 18.1 Å². The van der Waals surface area contributed by atoms with Crippen LogP contribution in [-0.4, -0.2) is 61.6 Å². The molecule has 142 valence electrons. The maximum atomic E-state index is 12.1. The molecule has 27 heavy (non-hydrogen) atoms. The minimum absolute atomic E-state index is 0.0162. The van der Waals surface area contributed by atoms with Gasteiger partial charge in [-0.2, -0.15) is 5.10 Å². The van der Waals surface area contributed by atoms with Crippen LogP contribution >= 0.6 is 0 Å². The smallest absolute Gasteiger partial charge is 0.243 e. The molecule has 4 heterocycles. The van der Waals surface area contributed by atoms with Crippen molar-refractivity contribution in [2.45, 2.75) is 50.1 Å². The summed E-state index contributed by atoms with van der Waals surface area (Å²) in [6.07, 6.45) is 7.04. The van der Waals surface area contributed by atoms with Gasteiger partial charge in [0.1, 0.15) is 17.7 Å². The van der Waals surface area contributed by atoms with Crippen molar-refractivity contribution in [3.05, 3.63) is 12.0 Å². The lowest BCUT2D eigenvalue weighted by Crippen LogP contribution is -2.55. The summed E-state index contributed by atoms with van der Waals surface area (Å²) in [5, 5.41) is 11.4. The molecule has 9 heteroatoms. The highest BCUT2D eigenvalue weighted by atomic mass is 16.2. The number of hydrogen-bond donors (Lipinski definition) is 2. The van der Waals surface area contributed by atoms with Gasteiger partial charge >= 0.3 is 0 Å². The Morgan fingerprint density at radius 2 is 2.04 bits per heavy atom. The number of aryl methyl sites for hydroxylation is 1. The number of piperazine rings is 1. The molecule has 5 rings (SSSR count). The minimum Gasteiger partial charge on any atom is -0.365 e. The van der Waals surface area contributed by atoms with E-state index in [9.17, 15) is 9.59 Å². The highest BCUT2D eigenvalue weighted by Crippen LogP contribution is 2.34. The van der Waals surface area contributed by atoms with Crippen LogP contribution in [0.4, 0.5) is 5.82 Å². The molecule has 0 aromatic carbocycles. The van der Waals surface area contributed by atoms with Crippen LogP contribution < -0.4 is 10.6 Å². The summed E-state index contributed by atoms with van der Waals surface area (Å²) in [4.78, 5) is 35.5. The van der Waals surface area contributed by atoms with E-state index in [1.54, 1.807) is 15.8 Å². The van der Waals surface area contributed by atoms with Crippen LogP contribution in [-0.2, 0) is 16.6 Å². The summed E-state index contributed by atoms with van der Waals surface area (Å²) in [6, 6.07) is -0.401. The third kappa shape index (κ3) is 2.72. The van der Waals surface area contributed by atoms with E-state index in [4.69, 9.17) is 9.97 Å². The molecule has 0 spiro atoms. The van der Waals surface area contributed by atoms with Crippen LogP contribution in [0.3, 0.4) is 0 Å². The summed E-state index contributed by atoms with van der Waals surface area (Å²) in [5.74, 6) is 1.93. The van der Waals surface area contributed by atoms with Crippen LogP contribution in [0.5, 0.6) is 0 Å². The standard InChI is InChI=1S/C18H23N7O2/c1-24-17-12(7-20-24)16(22-15(23-17)10-4-2-3-5-10)21-11-6-13-18(27)19-8-14(26)25(13)9-11/h7,10-11,13H,2-6,8-9H2,1H3,(H,19,27)(H,21,22,23)/t11-,13-/m0/s1. The van der Waals surface area contributed by atoms with Crippen LogP contribution in [0.2, 0.25) is 0 Å². The molecule has 2 aliphatic heterocycles. The minimum atomic E-state index is -0.385. The molecule has 2 amide bonds. The Labute approximate surface area is 156 Å². The second kappa shape index (κ2) is 6.17. The molecule has 3 fully saturated rings. The van der Waals surface area contributed by atoms with Gasteiger partial charge in [-0.25, -0.2) is 9.97 Å². The van der Waals surface area contributed by atoms with Gasteiger partial charge in [-0.05, 0) is 19.3 Å². The summed E-state index contributed by atoms with van der Waals surface area (Å²) in [5.41, 5.74) is 0.818. The fourth-order valence-corrected chi connectivity index (χ4v) is 4.56. The first-order valence-electron chi connectivity index (χ1n) is 9.63. The SMILES string of the molecule is Cn1ncc2c(N[C@H]3C[C@H]4C(=O)NCC(=O)N4C3)nc(C3CCCC3)nc21. The maximum absolute atomic E-state index is 12.1. The Morgan fingerprint density at radius 3 is 2.81 bits per heavy atom. The molecule has 0 radical (unpaired) electrons. The quantitative estimate of drug-likeness (QED) is 0.818. The molecule has 2 aromatic heterocycles. The van der Waals surface area contributed by atoms with Crippen molar-refractivity contribution in [2.24, 2.45) is 7.05 Å². The van der Waals surface area contributed by atoms with Gasteiger partial charge in [0.2, 0.25) is 11.8 Å². The molecule has 9 nitrogen and oxygen atoms in total. The molecular formula is C18H23N7O2. The van der Waals surface area contributed by atoms with E-state index in [2.05, 4.69) is 15.7 Å². The van der Waals surface area contributed by atoms with E-state index >= 15 is 0 Å². The second-order valence-electron chi connectivity index (χ2n) is 7.77. The third-order valence-electron chi connectivity index (χ3n) is 6.01. The Hall–Kier alpha value is -2.71. The van der Waals surface area contributed by atoms with E-state index in [1.165, 1.54) is 12.8 Å². The molecule has 2 aromatic rings. The van der Waals surface area contributed by atoms with Gasteiger partial charge in [-0.15, -0.1) is 0 Å². The molecule has 3 aliphatic rings. The number of rotatable bonds is 3. The monoisotopic (exact) mass is 369 g/mol. The number of amides is 2. The van der Waals surface area contributed by atoms with Crippen molar-refractivity contribution in [3.63, 3.8) is 0 Å². The zero-order valence-electron chi connectivity index (χ0n) is 15.3. The largest absolute Gasteiger partial charge is 0.365 e. The van der Waals surface area contributed by atoms with Crippen molar-refractivity contribution in [1.82, 2.24) is 30.0 Å². The van der Waals surface area contributed by atoms with Crippen LogP contribution in [0.25, 0.3) is 11.0 Å². The summed E-state index contributed by atoms with van der Waals surface area (Å²) < 4.78 is 1.77. The molecular weight excluding hydrogens is 346 g/mol. The van der Waals surface area contributed by atoms with Gasteiger partial charge < -0.3 is 15.5 Å². The average Bonchev–Trinajstić information content (AvgIpc) is 3.39. The number of aromatic nitrogens is 4. The first kappa shape index (κ1) is 16.5. The zero-order chi connectivity index (χ0) is 18.5. The normalized spacial score (nSPS) is 25.9. The molecule has 1 saturated carbocycles. The molecule has 2 N–H and O–H groups in total. The number of hydrogen-bond acceptors (Lipinski definition) is 6. The van der Waals surface area contributed by atoms with Crippen molar-refractivity contribution >= 4 is 28.7 Å². The fourth-order valence-electron chi connectivity index (χ4n) is 4.56. The third-order valence-corrected chi connectivity index (χ3v) is 6.01. The van der Waals surface area contributed by atoms with E-state index in [0.717, 1.165) is 35.5 Å². The van der Waals surface area contributed by atoms with Crippen molar-refractivity contribution in [2.75, 3.05) is 18.4 Å². The first-order valence-corrected chi connectivity index (χ1v) is 9.63. The van der Waals surface area contributed by atoms with Crippen molar-refractivity contribution < 1.29 is 9.59 Å². The highest BCUT2D eigenvalue weighted by molar-refractivity contribution is 5.95. The van der Waals surface area contributed by atoms with Gasteiger partial charge in [0.25, 0.3) is 0 Å². The van der Waals surface area contributed by atoms with Crippen LogP contribution in [0.1, 0.15) is 43.8 Å². The average molecular weight is 369 g/mol. The Kier molecular flexibility index (Phi) is 3.76. The Balaban J connectivity index is 1.46. The Bertz CT molecular complexity index is 894. The molecule has 2 atom stereocenters. The highest BCUT2D eigenvalue weighted by Gasteiger charge is 2.42. The summed E-state index contributed by atoms with van der Waals surface area (Å²) >= 11 is 0. The lowest BCUT2D eigenvalue weighted by atomic mass is 10.1. The number of nitrogens with one attached hydrogen (secondary N) is 2.